The van der Waals surface area contributed by atoms with Gasteiger partial charge in [0.2, 0.25) is 0 Å². The maximum atomic E-state index is 3.99. The fourth-order valence-corrected chi connectivity index (χ4v) is 15.0. The van der Waals surface area contributed by atoms with E-state index in [0.717, 1.165) is 5.57 Å². The monoisotopic (exact) mass is 1100 g/mol. The molecule has 0 amide bonds. The van der Waals surface area contributed by atoms with Gasteiger partial charge in [0.05, 0.1) is 0 Å². The van der Waals surface area contributed by atoms with Crippen molar-refractivity contribution < 1.29 is 0 Å². The Kier molecular flexibility index (Phi) is 11.7. The average molecular weight is 1100 g/mol. The van der Waals surface area contributed by atoms with Gasteiger partial charge in [0.25, 0.3) is 0 Å². The summed E-state index contributed by atoms with van der Waals surface area (Å²) in [6.45, 7) is 6.05. The number of allylic oxidation sites excluding steroid dienone is 3. The van der Waals surface area contributed by atoms with Crippen molar-refractivity contribution in [3.8, 4) is 100 Å². The number of benzene rings is 16. The van der Waals surface area contributed by atoms with Gasteiger partial charge >= 0.3 is 0 Å². The molecular formula is C87H56. The SMILES string of the molecule is C=C/C(=C\C)c1ccc(-c2c3ccccc3c(-c3ccc4c5c(cccc35)-c3ccccc3-4)c3ccccc23)cc1.c1ccc2c(c1)-c1cccc3c(-c4c5ccccc5c(-c5ccc(-c6cccc7ccccc67)cc5)c5ccccc45)ccc-2c13. The van der Waals surface area contributed by atoms with E-state index in [9.17, 15) is 0 Å². The lowest BCUT2D eigenvalue weighted by Gasteiger charge is -2.19. The first-order valence-electron chi connectivity index (χ1n) is 30.3. The third kappa shape index (κ3) is 7.78. The van der Waals surface area contributed by atoms with Gasteiger partial charge in [-0.1, -0.05) is 316 Å². The summed E-state index contributed by atoms with van der Waals surface area (Å²) in [5.74, 6) is 0. The van der Waals surface area contributed by atoms with Crippen LogP contribution in [-0.2, 0) is 0 Å². The van der Waals surface area contributed by atoms with Gasteiger partial charge in [0.1, 0.15) is 0 Å². The maximum Gasteiger partial charge on any atom is -0.00201 e. The van der Waals surface area contributed by atoms with E-state index in [1.165, 1.54) is 181 Å². The van der Waals surface area contributed by atoms with Crippen LogP contribution in [0.1, 0.15) is 12.5 Å². The van der Waals surface area contributed by atoms with Gasteiger partial charge in [-0.05, 0) is 194 Å². The van der Waals surface area contributed by atoms with Gasteiger partial charge < -0.3 is 0 Å². The molecule has 0 heteroatoms. The third-order valence-electron chi connectivity index (χ3n) is 18.8. The van der Waals surface area contributed by atoms with Crippen molar-refractivity contribution in [1.29, 1.82) is 0 Å². The molecule has 0 aromatic heterocycles. The van der Waals surface area contributed by atoms with Crippen LogP contribution in [0.25, 0.3) is 181 Å². The van der Waals surface area contributed by atoms with Gasteiger partial charge in [-0.2, -0.15) is 0 Å². The van der Waals surface area contributed by atoms with E-state index in [0.29, 0.717) is 0 Å². The Balaban J connectivity index is 0.000000136. The lowest BCUT2D eigenvalue weighted by Crippen LogP contribution is -1.92. The fourth-order valence-electron chi connectivity index (χ4n) is 15.0. The summed E-state index contributed by atoms with van der Waals surface area (Å²) < 4.78 is 0. The highest BCUT2D eigenvalue weighted by molar-refractivity contribution is 6.28. The second kappa shape index (κ2) is 20.3. The molecule has 0 bridgehead atoms. The smallest absolute Gasteiger partial charge is 0.00201 e. The zero-order valence-corrected chi connectivity index (χ0v) is 48.2. The summed E-state index contributed by atoms with van der Waals surface area (Å²) in [6, 6.07) is 110. The minimum atomic E-state index is 1.15. The Hall–Kier alpha value is -11.2. The Labute approximate surface area is 506 Å². The minimum absolute atomic E-state index is 1.15. The second-order valence-corrected chi connectivity index (χ2v) is 23.2. The van der Waals surface area contributed by atoms with Crippen molar-refractivity contribution in [1.82, 2.24) is 0 Å². The summed E-state index contributed by atoms with van der Waals surface area (Å²) in [5.41, 5.74) is 25.7. The van der Waals surface area contributed by atoms with Crippen LogP contribution in [0.4, 0.5) is 0 Å². The Morgan fingerprint density at radius 1 is 0.230 bits per heavy atom. The summed E-state index contributed by atoms with van der Waals surface area (Å²) >= 11 is 0. The predicted molar refractivity (Wildman–Crippen MR) is 375 cm³/mol. The molecule has 0 heterocycles. The molecule has 16 aromatic rings. The molecule has 16 aromatic carbocycles. The van der Waals surface area contributed by atoms with E-state index in [2.05, 4.69) is 317 Å². The largest absolute Gasteiger partial charge is 0.0985 e. The number of rotatable bonds is 7. The summed E-state index contributed by atoms with van der Waals surface area (Å²) in [4.78, 5) is 0. The number of hydrogen-bond donors (Lipinski definition) is 0. The summed E-state index contributed by atoms with van der Waals surface area (Å²) in [7, 11) is 0. The van der Waals surface area contributed by atoms with Crippen molar-refractivity contribution in [2.45, 2.75) is 6.92 Å². The van der Waals surface area contributed by atoms with Crippen LogP contribution in [0.15, 0.2) is 316 Å². The van der Waals surface area contributed by atoms with Crippen LogP contribution in [0.3, 0.4) is 0 Å². The molecule has 0 spiro atoms. The van der Waals surface area contributed by atoms with Crippen molar-refractivity contribution >= 4 is 81.0 Å². The number of fused-ring (bicyclic) bond motifs is 11. The quantitative estimate of drug-likeness (QED) is 0.110. The van der Waals surface area contributed by atoms with Gasteiger partial charge in [0, 0.05) is 0 Å². The van der Waals surface area contributed by atoms with E-state index >= 15 is 0 Å². The van der Waals surface area contributed by atoms with Crippen LogP contribution in [0.2, 0.25) is 0 Å². The second-order valence-electron chi connectivity index (χ2n) is 23.2. The molecule has 0 aliphatic heterocycles. The highest BCUT2D eigenvalue weighted by Gasteiger charge is 2.27. The molecule has 2 aliphatic carbocycles. The molecule has 87 heavy (non-hydrogen) atoms. The zero-order chi connectivity index (χ0) is 57.7. The molecule has 0 saturated carbocycles. The number of hydrogen-bond acceptors (Lipinski definition) is 0. The van der Waals surface area contributed by atoms with Crippen molar-refractivity contribution in [2.24, 2.45) is 0 Å². The van der Waals surface area contributed by atoms with Gasteiger partial charge in [-0.15, -0.1) is 0 Å². The van der Waals surface area contributed by atoms with E-state index in [1.54, 1.807) is 0 Å². The molecule has 0 saturated heterocycles. The normalized spacial score (nSPS) is 12.1. The van der Waals surface area contributed by atoms with Crippen LogP contribution in [0.5, 0.6) is 0 Å². The van der Waals surface area contributed by atoms with Crippen LogP contribution >= 0.6 is 0 Å². The Morgan fingerprint density at radius 2 is 0.517 bits per heavy atom. The highest BCUT2D eigenvalue weighted by Crippen LogP contribution is 2.54. The molecule has 0 radical (unpaired) electrons. The average Bonchev–Trinajstić information content (AvgIpc) is 1.92. The van der Waals surface area contributed by atoms with E-state index in [4.69, 9.17) is 0 Å². The fraction of sp³-hybridized carbons (Fsp3) is 0.0115. The lowest BCUT2D eigenvalue weighted by molar-refractivity contribution is 1.59. The molecule has 0 atom stereocenters. The first-order valence-corrected chi connectivity index (χ1v) is 30.3. The molecule has 18 rings (SSSR count). The highest BCUT2D eigenvalue weighted by atomic mass is 14.3. The van der Waals surface area contributed by atoms with E-state index in [-0.39, 0.29) is 0 Å². The molecule has 0 unspecified atom stereocenters. The molecule has 2 aliphatic rings. The van der Waals surface area contributed by atoms with Gasteiger partial charge in [0.15, 0.2) is 0 Å². The summed E-state index contributed by atoms with van der Waals surface area (Å²) in [6.07, 6.45) is 4.03. The summed E-state index contributed by atoms with van der Waals surface area (Å²) in [5, 5.41) is 18.1. The first kappa shape index (κ1) is 50.3. The van der Waals surface area contributed by atoms with Gasteiger partial charge in [-0.3, -0.25) is 0 Å². The first-order chi connectivity index (χ1) is 43.1. The predicted octanol–water partition coefficient (Wildman–Crippen LogP) is 24.7. The lowest BCUT2D eigenvalue weighted by atomic mass is 9.84. The van der Waals surface area contributed by atoms with Crippen LogP contribution in [-0.4, -0.2) is 0 Å². The molecule has 0 nitrogen and oxygen atoms in total. The molecule has 0 fully saturated rings. The maximum absolute atomic E-state index is 3.99. The zero-order valence-electron chi connectivity index (χ0n) is 48.2. The van der Waals surface area contributed by atoms with Crippen molar-refractivity contribution in [2.75, 3.05) is 0 Å². The minimum Gasteiger partial charge on any atom is -0.0985 e. The molecular weight excluding hydrogens is 1040 g/mol. The van der Waals surface area contributed by atoms with Crippen molar-refractivity contribution in [3.63, 3.8) is 0 Å². The topological polar surface area (TPSA) is 0 Å². The van der Waals surface area contributed by atoms with Gasteiger partial charge in [-0.25, -0.2) is 0 Å². The third-order valence-corrected chi connectivity index (χ3v) is 18.8. The Morgan fingerprint density at radius 3 is 0.931 bits per heavy atom. The Bertz CT molecular complexity index is 5400. The van der Waals surface area contributed by atoms with E-state index < -0.39 is 0 Å². The molecule has 0 N–H and O–H groups in total. The van der Waals surface area contributed by atoms with Crippen molar-refractivity contribution in [3.05, 3.63) is 322 Å². The van der Waals surface area contributed by atoms with Crippen LogP contribution < -0.4 is 0 Å². The van der Waals surface area contributed by atoms with Crippen LogP contribution in [0, 0.1) is 0 Å². The molecule has 404 valence electrons. The van der Waals surface area contributed by atoms with E-state index in [1.807, 2.05) is 6.08 Å². The standard InChI is InChI=1S/C46H28.C41H28/c1-2-13-32-29(11-1)12-9-20-33(32)30-23-25-31(26-24-30)44-37-16-5-7-18-39(37)46(40-19-8-6-17-38(40)44)43-28-27-42-35-15-4-3-14-34(35)36-21-10-22-41(43)45(36)42;1-3-26(4-2)27-20-22-28(23-21-27)39-32-14-7-9-16-34(32)41(35-17-10-8-15-33(35)39)38-25-24-37-30-13-6-5-12-29(30)31-18-11-19-36(38)40(31)37/h1-28H;3-25H,1H2,2H3/b;26-4+.